The summed E-state index contributed by atoms with van der Waals surface area (Å²) in [4.78, 5) is 2.45. The van der Waals surface area contributed by atoms with Crippen molar-refractivity contribution in [3.8, 4) is 5.88 Å². The Bertz CT molecular complexity index is 348. The topological polar surface area (TPSA) is 30.3 Å². The minimum atomic E-state index is 0.789. The van der Waals surface area contributed by atoms with Crippen molar-refractivity contribution < 1.29 is 4.74 Å². The maximum absolute atomic E-state index is 5.76. The lowest BCUT2D eigenvalue weighted by atomic mass is 10.1. The van der Waals surface area contributed by atoms with Gasteiger partial charge in [0.15, 0.2) is 0 Å². The fourth-order valence-corrected chi connectivity index (χ4v) is 2.62. The van der Waals surface area contributed by atoms with E-state index in [0.29, 0.717) is 0 Å². The first-order chi connectivity index (χ1) is 9.33. The standard InChI is InChI=1S/C15H27N3O/c1-3-17(4-2)10-7-8-12-19-15-13-14-9-5-6-11-18(14)16-15/h13H,3-12H2,1-2H3. The number of ether oxygens (including phenoxy) is 1. The molecule has 108 valence electrons. The van der Waals surface area contributed by atoms with E-state index in [0.717, 1.165) is 45.0 Å². The van der Waals surface area contributed by atoms with E-state index in [2.05, 4.69) is 34.6 Å². The molecule has 0 spiro atoms. The molecule has 0 atom stereocenters. The Morgan fingerprint density at radius 1 is 1.26 bits per heavy atom. The molecule has 0 saturated heterocycles. The molecule has 1 aromatic heterocycles. The van der Waals surface area contributed by atoms with Gasteiger partial charge in [-0.05, 0) is 51.7 Å². The van der Waals surface area contributed by atoms with E-state index in [-0.39, 0.29) is 0 Å². The van der Waals surface area contributed by atoms with Gasteiger partial charge in [-0.25, -0.2) is 0 Å². The van der Waals surface area contributed by atoms with E-state index in [1.165, 1.54) is 31.5 Å². The molecule has 1 aliphatic heterocycles. The smallest absolute Gasteiger partial charge is 0.232 e. The first-order valence-corrected chi connectivity index (χ1v) is 7.75. The number of aromatic nitrogens is 2. The Morgan fingerprint density at radius 2 is 2.11 bits per heavy atom. The molecule has 4 heteroatoms. The molecule has 0 aliphatic carbocycles. The maximum atomic E-state index is 5.76. The predicted molar refractivity (Wildman–Crippen MR) is 77.7 cm³/mol. The fraction of sp³-hybridized carbons (Fsp3) is 0.800. The third-order valence-corrected chi connectivity index (χ3v) is 3.91. The number of hydrogen-bond acceptors (Lipinski definition) is 3. The SMILES string of the molecule is CCN(CC)CCCCOc1cc2n(n1)CCCC2. The van der Waals surface area contributed by atoms with E-state index < -0.39 is 0 Å². The molecule has 0 aromatic carbocycles. The summed E-state index contributed by atoms with van der Waals surface area (Å²) in [7, 11) is 0. The highest BCUT2D eigenvalue weighted by molar-refractivity contribution is 5.16. The van der Waals surface area contributed by atoms with E-state index in [4.69, 9.17) is 4.74 Å². The molecule has 0 saturated carbocycles. The van der Waals surface area contributed by atoms with Crippen LogP contribution in [0.5, 0.6) is 5.88 Å². The second-order valence-electron chi connectivity index (χ2n) is 5.24. The lowest BCUT2D eigenvalue weighted by molar-refractivity contribution is 0.259. The molecule has 0 fully saturated rings. The van der Waals surface area contributed by atoms with Gasteiger partial charge >= 0.3 is 0 Å². The molecule has 0 N–H and O–H groups in total. The van der Waals surface area contributed by atoms with Gasteiger partial charge < -0.3 is 9.64 Å². The van der Waals surface area contributed by atoms with Gasteiger partial charge in [-0.3, -0.25) is 4.68 Å². The number of rotatable bonds is 8. The summed E-state index contributed by atoms with van der Waals surface area (Å²) >= 11 is 0. The van der Waals surface area contributed by atoms with Crippen LogP contribution in [-0.2, 0) is 13.0 Å². The van der Waals surface area contributed by atoms with Crippen molar-refractivity contribution in [1.82, 2.24) is 14.7 Å². The Hall–Kier alpha value is -1.03. The van der Waals surface area contributed by atoms with Crippen molar-refractivity contribution in [2.45, 2.75) is 52.5 Å². The van der Waals surface area contributed by atoms with Crippen molar-refractivity contribution in [2.75, 3.05) is 26.2 Å². The lowest BCUT2D eigenvalue weighted by Gasteiger charge is -2.17. The van der Waals surface area contributed by atoms with Crippen LogP contribution in [0.15, 0.2) is 6.07 Å². The molecule has 1 aromatic rings. The second kappa shape index (κ2) is 7.53. The van der Waals surface area contributed by atoms with Crippen LogP contribution in [0.4, 0.5) is 0 Å². The van der Waals surface area contributed by atoms with Gasteiger partial charge in [0.05, 0.1) is 6.61 Å². The summed E-state index contributed by atoms with van der Waals surface area (Å²) < 4.78 is 7.86. The van der Waals surface area contributed by atoms with Crippen LogP contribution in [-0.4, -0.2) is 40.9 Å². The minimum absolute atomic E-state index is 0.789. The van der Waals surface area contributed by atoms with E-state index in [1.807, 2.05) is 0 Å². The summed E-state index contributed by atoms with van der Waals surface area (Å²) in [6, 6.07) is 2.11. The summed E-state index contributed by atoms with van der Waals surface area (Å²) in [6.07, 6.45) is 6.00. The number of unbranched alkanes of at least 4 members (excludes halogenated alkanes) is 1. The highest BCUT2D eigenvalue weighted by Crippen LogP contribution is 2.19. The van der Waals surface area contributed by atoms with Crippen LogP contribution in [0.25, 0.3) is 0 Å². The molecule has 2 heterocycles. The van der Waals surface area contributed by atoms with E-state index in [1.54, 1.807) is 0 Å². The molecular weight excluding hydrogens is 238 g/mol. The van der Waals surface area contributed by atoms with Crippen LogP contribution in [0.1, 0.15) is 45.2 Å². The second-order valence-corrected chi connectivity index (χ2v) is 5.24. The molecule has 0 radical (unpaired) electrons. The fourth-order valence-electron chi connectivity index (χ4n) is 2.62. The van der Waals surface area contributed by atoms with Crippen molar-refractivity contribution in [3.63, 3.8) is 0 Å². The van der Waals surface area contributed by atoms with E-state index in [9.17, 15) is 0 Å². The quantitative estimate of drug-likeness (QED) is 0.677. The van der Waals surface area contributed by atoms with Gasteiger partial charge in [0.25, 0.3) is 0 Å². The van der Waals surface area contributed by atoms with Crippen LogP contribution in [0, 0.1) is 0 Å². The highest BCUT2D eigenvalue weighted by Gasteiger charge is 2.12. The van der Waals surface area contributed by atoms with Crippen LogP contribution in [0.3, 0.4) is 0 Å². The summed E-state index contributed by atoms with van der Waals surface area (Å²) in [6.45, 7) is 9.75. The first-order valence-electron chi connectivity index (χ1n) is 7.75. The first kappa shape index (κ1) is 14.4. The molecule has 0 bridgehead atoms. The maximum Gasteiger partial charge on any atom is 0.232 e. The minimum Gasteiger partial charge on any atom is -0.477 e. The monoisotopic (exact) mass is 265 g/mol. The van der Waals surface area contributed by atoms with Crippen molar-refractivity contribution in [3.05, 3.63) is 11.8 Å². The van der Waals surface area contributed by atoms with E-state index >= 15 is 0 Å². The van der Waals surface area contributed by atoms with Crippen molar-refractivity contribution >= 4 is 0 Å². The third-order valence-electron chi connectivity index (χ3n) is 3.91. The molecule has 0 unspecified atom stereocenters. The molecule has 2 rings (SSSR count). The van der Waals surface area contributed by atoms with Gasteiger partial charge in [0, 0.05) is 18.3 Å². The number of hydrogen-bond donors (Lipinski definition) is 0. The third kappa shape index (κ3) is 4.23. The number of nitrogens with zero attached hydrogens (tertiary/aromatic N) is 3. The lowest BCUT2D eigenvalue weighted by Crippen LogP contribution is -2.24. The van der Waals surface area contributed by atoms with Gasteiger partial charge in [-0.15, -0.1) is 5.10 Å². The van der Waals surface area contributed by atoms with Crippen molar-refractivity contribution in [1.29, 1.82) is 0 Å². The Balaban J connectivity index is 1.64. The van der Waals surface area contributed by atoms with Gasteiger partial charge in [-0.1, -0.05) is 13.8 Å². The average molecular weight is 265 g/mol. The Labute approximate surface area is 116 Å². The molecular formula is C15H27N3O. The number of aryl methyl sites for hydroxylation is 2. The zero-order chi connectivity index (χ0) is 13.5. The summed E-state index contributed by atoms with van der Waals surface area (Å²) in [5.74, 6) is 0.819. The average Bonchev–Trinajstić information content (AvgIpc) is 2.85. The molecule has 19 heavy (non-hydrogen) atoms. The van der Waals surface area contributed by atoms with Crippen molar-refractivity contribution in [2.24, 2.45) is 0 Å². The van der Waals surface area contributed by atoms with Crippen LogP contribution in [0.2, 0.25) is 0 Å². The normalized spacial score (nSPS) is 14.7. The van der Waals surface area contributed by atoms with Gasteiger partial charge in [-0.2, -0.15) is 0 Å². The van der Waals surface area contributed by atoms with Crippen LogP contribution >= 0.6 is 0 Å². The van der Waals surface area contributed by atoms with Gasteiger partial charge in [0.2, 0.25) is 5.88 Å². The molecule has 4 nitrogen and oxygen atoms in total. The largest absolute Gasteiger partial charge is 0.477 e. The zero-order valence-corrected chi connectivity index (χ0v) is 12.4. The summed E-state index contributed by atoms with van der Waals surface area (Å²) in [5.41, 5.74) is 1.34. The molecule has 0 amide bonds. The van der Waals surface area contributed by atoms with Gasteiger partial charge in [0.1, 0.15) is 0 Å². The predicted octanol–water partition coefficient (Wildman–Crippen LogP) is 2.72. The van der Waals surface area contributed by atoms with Crippen LogP contribution < -0.4 is 4.74 Å². The number of fused-ring (bicyclic) bond motifs is 1. The molecule has 1 aliphatic rings. The Kier molecular flexibility index (Phi) is 5.70. The zero-order valence-electron chi connectivity index (χ0n) is 12.4. The Morgan fingerprint density at radius 3 is 2.84 bits per heavy atom. The summed E-state index contributed by atoms with van der Waals surface area (Å²) in [5, 5.41) is 4.50. The highest BCUT2D eigenvalue weighted by atomic mass is 16.5.